The van der Waals surface area contributed by atoms with Crippen molar-refractivity contribution in [2.45, 2.75) is 45.3 Å². The van der Waals surface area contributed by atoms with Gasteiger partial charge in [0.2, 0.25) is 5.91 Å². The summed E-state index contributed by atoms with van der Waals surface area (Å²) in [6.07, 6.45) is 10.2. The van der Waals surface area contributed by atoms with Crippen LogP contribution in [-0.2, 0) is 4.79 Å². The van der Waals surface area contributed by atoms with E-state index in [1.165, 1.54) is 0 Å². The Kier molecular flexibility index (Phi) is 6.59. The number of aromatic nitrogens is 1. The Morgan fingerprint density at radius 1 is 1.57 bits per heavy atom. The number of hydrogen-bond donors (Lipinski definition) is 1. The van der Waals surface area contributed by atoms with E-state index in [-0.39, 0.29) is 12.0 Å². The van der Waals surface area contributed by atoms with Crippen molar-refractivity contribution < 1.29 is 9.53 Å². The molecule has 1 aliphatic rings. The molecule has 0 aliphatic carbocycles. The lowest BCUT2D eigenvalue weighted by atomic mass is 10.2. The van der Waals surface area contributed by atoms with E-state index in [1.54, 1.807) is 6.20 Å². The summed E-state index contributed by atoms with van der Waals surface area (Å²) in [6.45, 7) is 5.50. The van der Waals surface area contributed by atoms with Crippen molar-refractivity contribution >= 4 is 12.0 Å². The van der Waals surface area contributed by atoms with Crippen molar-refractivity contribution in [2.24, 2.45) is 0 Å². The topological polar surface area (TPSA) is 54.5 Å². The van der Waals surface area contributed by atoms with E-state index in [2.05, 4.69) is 29.4 Å². The van der Waals surface area contributed by atoms with E-state index >= 15 is 0 Å². The van der Waals surface area contributed by atoms with Gasteiger partial charge in [0.05, 0.1) is 12.7 Å². The molecule has 0 bridgehead atoms. The smallest absolute Gasteiger partial charge is 0.222 e. The first-order chi connectivity index (χ1) is 11.1. The molecular weight excluding hydrogens is 290 g/mol. The molecule has 0 aromatic carbocycles. The number of carbonyl (C=O) groups excluding carboxylic acids is 1. The number of likely N-dealkylation sites (tertiary alicyclic amines) is 1. The average molecular weight is 317 g/mol. The second-order valence-corrected chi connectivity index (χ2v) is 6.00. The summed E-state index contributed by atoms with van der Waals surface area (Å²) in [4.78, 5) is 17.8. The van der Waals surface area contributed by atoms with E-state index in [0.717, 1.165) is 30.7 Å². The molecule has 1 saturated heterocycles. The van der Waals surface area contributed by atoms with Gasteiger partial charge < -0.3 is 15.0 Å². The molecule has 23 heavy (non-hydrogen) atoms. The van der Waals surface area contributed by atoms with Gasteiger partial charge in [0.15, 0.2) is 0 Å². The Bertz CT molecular complexity index is 545. The van der Waals surface area contributed by atoms with Crippen molar-refractivity contribution in [1.82, 2.24) is 15.2 Å². The summed E-state index contributed by atoms with van der Waals surface area (Å²) < 4.78 is 5.99. The first-order valence-electron chi connectivity index (χ1n) is 8.35. The van der Waals surface area contributed by atoms with Gasteiger partial charge in [-0.3, -0.25) is 9.78 Å². The summed E-state index contributed by atoms with van der Waals surface area (Å²) in [7, 11) is 1.96. The van der Waals surface area contributed by atoms with Crippen LogP contribution < -0.4 is 10.1 Å². The second kappa shape index (κ2) is 8.67. The Labute approximate surface area is 138 Å². The number of nitrogens with one attached hydrogen (secondary N) is 1. The number of ether oxygens (including phenoxy) is 1. The van der Waals surface area contributed by atoms with Gasteiger partial charge in [0.1, 0.15) is 11.9 Å². The Morgan fingerprint density at radius 2 is 2.39 bits per heavy atom. The van der Waals surface area contributed by atoms with E-state index in [1.807, 2.05) is 31.1 Å². The molecule has 2 heterocycles. The SMILES string of the molecule is CCC(=O)N1CCC(Oc2cncc(/C=C/C[C@H](C)NC)c2)C1. The lowest BCUT2D eigenvalue weighted by Gasteiger charge is -2.16. The third-order valence-corrected chi connectivity index (χ3v) is 4.13. The summed E-state index contributed by atoms with van der Waals surface area (Å²) >= 11 is 0. The first kappa shape index (κ1) is 17.5. The fourth-order valence-corrected chi connectivity index (χ4v) is 2.58. The molecule has 2 atom stereocenters. The molecule has 5 nitrogen and oxygen atoms in total. The standard InChI is InChI=1S/C18H27N3O2/c1-4-18(22)21-9-8-16(13-21)23-17-10-15(11-20-12-17)7-5-6-14(2)19-3/h5,7,10-12,14,16,19H,4,6,8-9,13H2,1-3H3/b7-5+/t14-,16?/m0/s1. The van der Waals surface area contributed by atoms with Crippen molar-refractivity contribution in [2.75, 3.05) is 20.1 Å². The molecule has 1 N–H and O–H groups in total. The molecule has 0 radical (unpaired) electrons. The highest BCUT2D eigenvalue weighted by atomic mass is 16.5. The van der Waals surface area contributed by atoms with Crippen molar-refractivity contribution in [3.05, 3.63) is 30.1 Å². The number of carbonyl (C=O) groups is 1. The number of nitrogens with zero attached hydrogens (tertiary/aromatic N) is 2. The Hall–Kier alpha value is -1.88. The van der Waals surface area contributed by atoms with Gasteiger partial charge in [-0.05, 0) is 32.0 Å². The number of hydrogen-bond acceptors (Lipinski definition) is 4. The van der Waals surface area contributed by atoms with Gasteiger partial charge in [-0.15, -0.1) is 0 Å². The van der Waals surface area contributed by atoms with Gasteiger partial charge in [0, 0.05) is 31.6 Å². The molecule has 126 valence electrons. The zero-order valence-corrected chi connectivity index (χ0v) is 14.3. The predicted octanol–water partition coefficient (Wildman–Crippen LogP) is 2.48. The van der Waals surface area contributed by atoms with Gasteiger partial charge in [0.25, 0.3) is 0 Å². The highest BCUT2D eigenvalue weighted by Gasteiger charge is 2.26. The molecule has 1 unspecified atom stereocenters. The summed E-state index contributed by atoms with van der Waals surface area (Å²) in [5, 5.41) is 3.21. The first-order valence-corrected chi connectivity index (χ1v) is 8.35. The Morgan fingerprint density at radius 3 is 3.13 bits per heavy atom. The summed E-state index contributed by atoms with van der Waals surface area (Å²) in [5.74, 6) is 0.967. The quantitative estimate of drug-likeness (QED) is 0.839. The van der Waals surface area contributed by atoms with E-state index in [9.17, 15) is 4.79 Å². The normalized spacial score (nSPS) is 19.3. The maximum atomic E-state index is 11.7. The predicted molar refractivity (Wildman–Crippen MR) is 92.3 cm³/mol. The monoisotopic (exact) mass is 317 g/mol. The summed E-state index contributed by atoms with van der Waals surface area (Å²) in [5.41, 5.74) is 1.03. The minimum Gasteiger partial charge on any atom is -0.487 e. The molecule has 1 aliphatic heterocycles. The van der Waals surface area contributed by atoms with Crippen LogP contribution in [0, 0.1) is 0 Å². The maximum absolute atomic E-state index is 11.7. The van der Waals surface area contributed by atoms with E-state index in [0.29, 0.717) is 19.0 Å². The lowest BCUT2D eigenvalue weighted by Crippen LogP contribution is -2.30. The van der Waals surface area contributed by atoms with Crippen LogP contribution in [0.2, 0.25) is 0 Å². The van der Waals surface area contributed by atoms with Crippen LogP contribution in [0.25, 0.3) is 6.08 Å². The maximum Gasteiger partial charge on any atom is 0.222 e. The van der Waals surface area contributed by atoms with Crippen LogP contribution in [0.3, 0.4) is 0 Å². The minimum absolute atomic E-state index is 0.0656. The van der Waals surface area contributed by atoms with E-state index in [4.69, 9.17) is 4.74 Å². The van der Waals surface area contributed by atoms with Crippen LogP contribution in [0.4, 0.5) is 0 Å². The molecule has 1 aromatic rings. The highest BCUT2D eigenvalue weighted by molar-refractivity contribution is 5.76. The van der Waals surface area contributed by atoms with Gasteiger partial charge >= 0.3 is 0 Å². The van der Waals surface area contributed by atoms with Crippen molar-refractivity contribution in [1.29, 1.82) is 0 Å². The highest BCUT2D eigenvalue weighted by Crippen LogP contribution is 2.19. The zero-order valence-electron chi connectivity index (χ0n) is 14.3. The molecule has 1 fully saturated rings. The van der Waals surface area contributed by atoms with Gasteiger partial charge in [-0.2, -0.15) is 0 Å². The van der Waals surface area contributed by atoms with Gasteiger partial charge in [-0.1, -0.05) is 19.1 Å². The molecular formula is C18H27N3O2. The zero-order chi connectivity index (χ0) is 16.7. The average Bonchev–Trinajstić information content (AvgIpc) is 3.02. The molecule has 2 rings (SSSR count). The molecule has 0 spiro atoms. The van der Waals surface area contributed by atoms with Crippen molar-refractivity contribution in [3.63, 3.8) is 0 Å². The minimum atomic E-state index is 0.0656. The molecule has 0 saturated carbocycles. The van der Waals surface area contributed by atoms with Gasteiger partial charge in [-0.25, -0.2) is 0 Å². The van der Waals surface area contributed by atoms with Crippen LogP contribution in [0.15, 0.2) is 24.5 Å². The van der Waals surface area contributed by atoms with Crippen LogP contribution in [0.5, 0.6) is 5.75 Å². The van der Waals surface area contributed by atoms with Crippen molar-refractivity contribution in [3.8, 4) is 5.75 Å². The van der Waals surface area contributed by atoms with E-state index < -0.39 is 0 Å². The van der Waals surface area contributed by atoms with Crippen LogP contribution >= 0.6 is 0 Å². The van der Waals surface area contributed by atoms with Crippen LogP contribution in [0.1, 0.15) is 38.7 Å². The molecule has 5 heteroatoms. The third-order valence-electron chi connectivity index (χ3n) is 4.13. The number of pyridine rings is 1. The summed E-state index contributed by atoms with van der Waals surface area (Å²) in [6, 6.07) is 2.46. The molecule has 1 amide bonds. The second-order valence-electron chi connectivity index (χ2n) is 6.00. The fraction of sp³-hybridized carbons (Fsp3) is 0.556. The Balaban J connectivity index is 1.89. The number of amides is 1. The fourth-order valence-electron chi connectivity index (χ4n) is 2.58. The largest absolute Gasteiger partial charge is 0.487 e. The molecule has 1 aromatic heterocycles. The number of rotatable bonds is 7. The third kappa shape index (κ3) is 5.36. The van der Waals surface area contributed by atoms with Crippen LogP contribution in [-0.4, -0.2) is 48.1 Å². The lowest BCUT2D eigenvalue weighted by molar-refractivity contribution is -0.130.